The summed E-state index contributed by atoms with van der Waals surface area (Å²) in [6, 6.07) is 0.755. The molecule has 0 bridgehead atoms. The molecule has 1 fully saturated rings. The predicted octanol–water partition coefficient (Wildman–Crippen LogP) is 3.52. The monoisotopic (exact) mass is 502 g/mol. The number of rotatable bonds is 10. The van der Waals surface area contributed by atoms with Crippen LogP contribution in [-0.4, -0.2) is 43.2 Å². The lowest BCUT2D eigenvalue weighted by Crippen LogP contribution is -2.32. The lowest BCUT2D eigenvalue weighted by atomic mass is 10.1. The van der Waals surface area contributed by atoms with Crippen molar-refractivity contribution in [1.29, 1.82) is 0 Å². The van der Waals surface area contributed by atoms with Crippen LogP contribution in [0.1, 0.15) is 47.4 Å². The van der Waals surface area contributed by atoms with Gasteiger partial charge in [-0.2, -0.15) is 8.78 Å². The number of ether oxygens (including phenoxy) is 1. The second-order valence-electron chi connectivity index (χ2n) is 7.75. The van der Waals surface area contributed by atoms with Crippen molar-refractivity contribution < 1.29 is 35.5 Å². The second-order valence-corrected chi connectivity index (χ2v) is 9.69. The Kier molecular flexibility index (Phi) is 7.75. The van der Waals surface area contributed by atoms with E-state index in [9.17, 15) is 30.8 Å². The van der Waals surface area contributed by atoms with E-state index in [2.05, 4.69) is 25.3 Å². The molecule has 0 radical (unpaired) electrons. The van der Waals surface area contributed by atoms with Gasteiger partial charge in [0, 0.05) is 36.4 Å². The van der Waals surface area contributed by atoms with Gasteiger partial charge < -0.3 is 15.4 Å². The van der Waals surface area contributed by atoms with E-state index in [0.29, 0.717) is 11.9 Å². The van der Waals surface area contributed by atoms with E-state index in [1.54, 1.807) is 6.92 Å². The molecule has 1 aliphatic carbocycles. The molecule has 0 unspecified atom stereocenters. The Bertz CT molecular complexity index is 1200. The highest BCUT2D eigenvalue weighted by Crippen LogP contribution is 2.38. The highest BCUT2D eigenvalue weighted by molar-refractivity contribution is 7.93. The minimum atomic E-state index is -3.40. The van der Waals surface area contributed by atoms with Crippen LogP contribution in [0.4, 0.5) is 23.4 Å². The van der Waals surface area contributed by atoms with E-state index < -0.39 is 57.9 Å². The molecule has 1 atom stereocenters. The highest BCUT2D eigenvalue weighted by atomic mass is 32.2. The van der Waals surface area contributed by atoms with E-state index in [4.69, 9.17) is 0 Å². The van der Waals surface area contributed by atoms with Gasteiger partial charge in [0.25, 0.3) is 5.91 Å². The number of nitrogens with one attached hydrogen (secondary N) is 2. The van der Waals surface area contributed by atoms with Crippen LogP contribution in [0.5, 0.6) is 5.75 Å². The summed E-state index contributed by atoms with van der Waals surface area (Å²) in [5.74, 6) is -3.29. The first-order chi connectivity index (χ1) is 15.9. The summed E-state index contributed by atoms with van der Waals surface area (Å²) in [6.45, 7) is -2.35. The largest absolute Gasteiger partial charge is 0.431 e. The van der Waals surface area contributed by atoms with Crippen molar-refractivity contribution in [3.8, 4) is 5.75 Å². The maximum atomic E-state index is 14.3. The maximum absolute atomic E-state index is 14.3. The van der Waals surface area contributed by atoms with Gasteiger partial charge in [-0.1, -0.05) is 6.08 Å². The number of carbonyl (C=O) groups excluding carboxylic acids is 1. The topological polar surface area (TPSA) is 110 Å². The first-order valence-electron chi connectivity index (χ1n) is 10.2. The van der Waals surface area contributed by atoms with Crippen LogP contribution in [0.3, 0.4) is 0 Å². The lowest BCUT2D eigenvalue weighted by Gasteiger charge is -2.16. The third kappa shape index (κ3) is 6.89. The number of anilines is 1. The van der Waals surface area contributed by atoms with E-state index in [1.807, 2.05) is 0 Å². The molecule has 0 spiro atoms. The summed E-state index contributed by atoms with van der Waals surface area (Å²) in [5, 5.41) is 6.19. The molecule has 1 aromatic heterocycles. The molecule has 1 saturated carbocycles. The first kappa shape index (κ1) is 25.4. The summed E-state index contributed by atoms with van der Waals surface area (Å²) in [4.78, 5) is 21.2. The number of hydrogen-bond donors (Lipinski definition) is 2. The van der Waals surface area contributed by atoms with Crippen LogP contribution in [0.15, 0.2) is 29.8 Å². The fraction of sp³-hybridized carbons (Fsp3) is 0.381. The molecular weight excluding hydrogens is 480 g/mol. The van der Waals surface area contributed by atoms with Gasteiger partial charge in [0.05, 0.1) is 5.56 Å². The zero-order valence-corrected chi connectivity index (χ0v) is 19.0. The zero-order valence-electron chi connectivity index (χ0n) is 18.2. The summed E-state index contributed by atoms with van der Waals surface area (Å²) in [5.41, 5.74) is -0.570. The Labute approximate surface area is 193 Å². The fourth-order valence-corrected chi connectivity index (χ4v) is 3.48. The molecule has 1 amide bonds. The van der Waals surface area contributed by atoms with Gasteiger partial charge in [0.15, 0.2) is 21.4 Å². The number of nitrogens with zero attached hydrogens (tertiary/aromatic N) is 2. The van der Waals surface area contributed by atoms with Gasteiger partial charge in [0.1, 0.15) is 23.0 Å². The molecule has 8 nitrogen and oxygen atoms in total. The van der Waals surface area contributed by atoms with Crippen molar-refractivity contribution in [2.24, 2.45) is 0 Å². The first-order valence-corrected chi connectivity index (χ1v) is 12.1. The molecule has 0 aliphatic heterocycles. The number of halogens is 4. The van der Waals surface area contributed by atoms with Gasteiger partial charge in [-0.25, -0.2) is 27.2 Å². The molecule has 2 aromatic rings. The number of aromatic nitrogens is 2. The molecule has 3 rings (SSSR count). The Morgan fingerprint density at radius 2 is 1.94 bits per heavy atom. The molecule has 184 valence electrons. The van der Waals surface area contributed by atoms with Gasteiger partial charge in [-0.3, -0.25) is 4.79 Å². The fourth-order valence-electron chi connectivity index (χ4n) is 2.96. The van der Waals surface area contributed by atoms with Crippen LogP contribution in [0.2, 0.25) is 0 Å². The number of carbonyl (C=O) groups is 1. The zero-order chi connectivity index (χ0) is 25.0. The third-order valence-corrected chi connectivity index (χ3v) is 5.41. The molecule has 2 N–H and O–H groups in total. The van der Waals surface area contributed by atoms with E-state index in [-0.39, 0.29) is 17.3 Å². The molecule has 13 heteroatoms. The maximum Gasteiger partial charge on any atom is 0.387 e. The summed E-state index contributed by atoms with van der Waals surface area (Å²) in [6.07, 6.45) is 5.23. The third-order valence-electron chi connectivity index (χ3n) is 4.76. The average molecular weight is 502 g/mol. The Morgan fingerprint density at radius 3 is 2.56 bits per heavy atom. The number of amides is 1. The minimum absolute atomic E-state index is 0.0275. The lowest BCUT2D eigenvalue weighted by molar-refractivity contribution is -0.0529. The summed E-state index contributed by atoms with van der Waals surface area (Å²) in [7, 11) is -3.40. The van der Waals surface area contributed by atoms with Gasteiger partial charge in [-0.15, -0.1) is 0 Å². The van der Waals surface area contributed by atoms with Gasteiger partial charge >= 0.3 is 6.61 Å². The number of benzene rings is 1. The van der Waals surface area contributed by atoms with Crippen LogP contribution < -0.4 is 15.4 Å². The molecule has 1 aliphatic rings. The Hall–Kier alpha value is -3.22. The highest BCUT2D eigenvalue weighted by Gasteiger charge is 2.28. The van der Waals surface area contributed by atoms with Crippen molar-refractivity contribution in [3.63, 3.8) is 0 Å². The molecule has 1 heterocycles. The van der Waals surface area contributed by atoms with Gasteiger partial charge in [-0.05, 0) is 31.9 Å². The summed E-state index contributed by atoms with van der Waals surface area (Å²) < 4.78 is 80.4. The smallest absolute Gasteiger partial charge is 0.387 e. The van der Waals surface area contributed by atoms with Gasteiger partial charge in [0.2, 0.25) is 0 Å². The van der Waals surface area contributed by atoms with Crippen LogP contribution in [0.25, 0.3) is 0 Å². The van der Waals surface area contributed by atoms with E-state index in [1.165, 1.54) is 12.3 Å². The van der Waals surface area contributed by atoms with Crippen molar-refractivity contribution in [1.82, 2.24) is 15.3 Å². The molecular formula is C21H22F4N4O4S. The van der Waals surface area contributed by atoms with Crippen LogP contribution in [-0.2, 0) is 16.4 Å². The predicted molar refractivity (Wildman–Crippen MR) is 115 cm³/mol. The van der Waals surface area contributed by atoms with E-state index >= 15 is 0 Å². The summed E-state index contributed by atoms with van der Waals surface area (Å²) >= 11 is 0. The number of hydrogen-bond acceptors (Lipinski definition) is 7. The number of alkyl halides is 2. The van der Waals surface area contributed by atoms with Crippen molar-refractivity contribution in [2.75, 3.05) is 11.6 Å². The molecule has 1 aromatic carbocycles. The van der Waals surface area contributed by atoms with Crippen LogP contribution >= 0.6 is 0 Å². The van der Waals surface area contributed by atoms with Crippen molar-refractivity contribution >= 4 is 21.6 Å². The SMILES string of the molecule is C[C@@H](/C=C/S(C)(=O)=O)NC(=O)c1cnc(C2CC2)nc1NCc1c(F)ccc(F)c1OC(F)F. The standard InChI is InChI=1S/C21H22F4N4O4S/c1-11(7-8-34(2,31)32)28-20(30)14-10-26-18(12-3-4-12)29-19(14)27-9-13-15(22)5-6-16(23)17(13)33-21(24)25/h5-8,10-12,21H,3-4,9H2,1-2H3,(H,28,30)(H,26,27,29)/b8-7+/t11-/m0/s1. The normalized spacial score (nSPS) is 14.9. The minimum Gasteiger partial charge on any atom is -0.431 e. The second kappa shape index (κ2) is 10.4. The van der Waals surface area contributed by atoms with Crippen molar-refractivity contribution in [3.05, 3.63) is 58.4 Å². The van der Waals surface area contributed by atoms with Crippen LogP contribution in [0, 0.1) is 11.6 Å². The number of sulfone groups is 1. The molecule has 34 heavy (non-hydrogen) atoms. The molecule has 0 saturated heterocycles. The van der Waals surface area contributed by atoms with E-state index in [0.717, 1.165) is 30.6 Å². The Morgan fingerprint density at radius 1 is 1.26 bits per heavy atom. The average Bonchev–Trinajstić information content (AvgIpc) is 3.59. The van der Waals surface area contributed by atoms with Crippen molar-refractivity contribution in [2.45, 2.75) is 44.9 Å². The Balaban J connectivity index is 1.87. The quantitative estimate of drug-likeness (QED) is 0.479.